The number of aromatic nitrogens is 4. The average molecular weight is 875 g/mol. The van der Waals surface area contributed by atoms with Crippen LogP contribution in [0.15, 0.2) is 109 Å². The second-order valence-corrected chi connectivity index (χ2v) is 16.2. The number of imidazole rings is 2. The van der Waals surface area contributed by atoms with E-state index >= 15 is 0 Å². The SMILES string of the molecule is COC(=O)N[C@@H](C(=O)NCSCCc1ncc(-c2ccc3c(c2)Oc2ccc(-c4cnc([C@@H]5CSCN5C(=O)[C@H](NC(=O)OC)c5ccccc5)[nH]4)cc2O3)[nH]1)c1ccccc1. The van der Waals surface area contributed by atoms with E-state index in [1.807, 2.05) is 60.7 Å². The van der Waals surface area contributed by atoms with Crippen molar-refractivity contribution in [1.29, 1.82) is 0 Å². The third kappa shape index (κ3) is 9.50. The maximum atomic E-state index is 13.9. The van der Waals surface area contributed by atoms with E-state index in [9.17, 15) is 19.2 Å². The van der Waals surface area contributed by atoms with Crippen LogP contribution in [-0.4, -0.2) is 86.3 Å². The number of carbonyl (C=O) groups is 4. The number of ether oxygens (including phenoxy) is 4. The molecule has 8 rings (SSSR count). The number of nitrogens with zero attached hydrogens (tertiary/aromatic N) is 3. The van der Waals surface area contributed by atoms with Crippen molar-refractivity contribution in [3.63, 3.8) is 0 Å². The molecule has 0 unspecified atom stereocenters. The van der Waals surface area contributed by atoms with Crippen LogP contribution < -0.4 is 25.4 Å². The number of rotatable bonds is 14. The highest BCUT2D eigenvalue weighted by molar-refractivity contribution is 7.99. The fraction of sp³-hybridized carbons (Fsp3) is 0.227. The first-order valence-corrected chi connectivity index (χ1v) is 21.8. The largest absolute Gasteiger partial charge is 0.453 e. The van der Waals surface area contributed by atoms with E-state index in [0.29, 0.717) is 69.6 Å². The Balaban J connectivity index is 0.863. The predicted octanol–water partition coefficient (Wildman–Crippen LogP) is 7.48. The minimum Gasteiger partial charge on any atom is -0.453 e. The summed E-state index contributed by atoms with van der Waals surface area (Å²) < 4.78 is 22.1. The lowest BCUT2D eigenvalue weighted by Crippen LogP contribution is -2.43. The minimum atomic E-state index is -0.919. The van der Waals surface area contributed by atoms with Crippen molar-refractivity contribution in [3.05, 3.63) is 132 Å². The minimum absolute atomic E-state index is 0.260. The number of H-pyrrole nitrogens is 2. The van der Waals surface area contributed by atoms with Gasteiger partial charge in [-0.25, -0.2) is 19.6 Å². The molecule has 0 spiro atoms. The normalized spacial score (nSPS) is 14.9. The van der Waals surface area contributed by atoms with Crippen molar-refractivity contribution < 1.29 is 38.1 Å². The molecule has 62 heavy (non-hydrogen) atoms. The van der Waals surface area contributed by atoms with E-state index in [2.05, 4.69) is 35.9 Å². The van der Waals surface area contributed by atoms with Gasteiger partial charge in [-0.05, 0) is 47.5 Å². The summed E-state index contributed by atoms with van der Waals surface area (Å²) in [5, 5.41) is 8.15. The molecule has 1 saturated heterocycles. The molecule has 2 aromatic heterocycles. The summed E-state index contributed by atoms with van der Waals surface area (Å²) in [6, 6.07) is 27.2. The molecule has 3 atom stereocenters. The van der Waals surface area contributed by atoms with Crippen LogP contribution in [0.2, 0.25) is 0 Å². The molecule has 0 bridgehead atoms. The number of alkyl carbamates (subject to hydrolysis) is 2. The summed E-state index contributed by atoms with van der Waals surface area (Å²) in [6.07, 6.45) is 2.76. The van der Waals surface area contributed by atoms with E-state index in [1.54, 1.807) is 65.5 Å². The lowest BCUT2D eigenvalue weighted by Gasteiger charge is -2.27. The van der Waals surface area contributed by atoms with Gasteiger partial charge in [-0.3, -0.25) is 9.59 Å². The second kappa shape index (κ2) is 19.2. The molecule has 5 N–H and O–H groups in total. The van der Waals surface area contributed by atoms with Gasteiger partial charge in [0.25, 0.3) is 5.91 Å². The van der Waals surface area contributed by atoms with Gasteiger partial charge in [0, 0.05) is 29.1 Å². The zero-order chi connectivity index (χ0) is 43.0. The zero-order valence-corrected chi connectivity index (χ0v) is 35.2. The first-order valence-electron chi connectivity index (χ1n) is 19.5. The van der Waals surface area contributed by atoms with Crippen LogP contribution in [0.1, 0.15) is 40.9 Å². The number of benzene rings is 4. The Labute approximate surface area is 364 Å². The van der Waals surface area contributed by atoms with Crippen LogP contribution in [0.5, 0.6) is 23.0 Å². The summed E-state index contributed by atoms with van der Waals surface area (Å²) in [6.45, 7) is 0. The lowest BCUT2D eigenvalue weighted by molar-refractivity contribution is -0.134. The van der Waals surface area contributed by atoms with Crippen LogP contribution in [0.4, 0.5) is 9.59 Å². The Hall–Kier alpha value is -6.92. The van der Waals surface area contributed by atoms with Crippen molar-refractivity contribution in [2.45, 2.75) is 24.5 Å². The van der Waals surface area contributed by atoms with Crippen molar-refractivity contribution in [3.8, 4) is 45.5 Å². The summed E-state index contributed by atoms with van der Waals surface area (Å²) in [5.74, 6) is 5.15. The van der Waals surface area contributed by atoms with Crippen LogP contribution in [0.25, 0.3) is 22.5 Å². The van der Waals surface area contributed by atoms with E-state index in [4.69, 9.17) is 18.9 Å². The first-order chi connectivity index (χ1) is 30.3. The molecule has 4 amide bonds. The third-order valence-corrected chi connectivity index (χ3v) is 12.0. The fourth-order valence-corrected chi connectivity index (χ4v) is 8.85. The number of methoxy groups -OCH3 is 2. The topological polar surface area (TPSA) is 202 Å². The molecule has 4 heterocycles. The van der Waals surface area contributed by atoms with Gasteiger partial charge in [0.15, 0.2) is 23.0 Å². The second-order valence-electron chi connectivity index (χ2n) is 14.1. The van der Waals surface area contributed by atoms with Gasteiger partial charge in [-0.15, -0.1) is 23.5 Å². The molecule has 6 aromatic rings. The molecular weight excluding hydrogens is 833 g/mol. The van der Waals surface area contributed by atoms with Crippen molar-refractivity contribution >= 4 is 47.5 Å². The van der Waals surface area contributed by atoms with Crippen LogP contribution in [0.3, 0.4) is 0 Å². The summed E-state index contributed by atoms with van der Waals surface area (Å²) in [7, 11) is 2.52. The van der Waals surface area contributed by atoms with Gasteiger partial charge in [-0.1, -0.05) is 60.7 Å². The number of nitrogens with one attached hydrogen (secondary N) is 5. The van der Waals surface area contributed by atoms with E-state index in [0.717, 1.165) is 28.3 Å². The number of hydrogen-bond acceptors (Lipinski definition) is 12. The number of carbonyl (C=O) groups excluding carboxylic acids is 4. The van der Waals surface area contributed by atoms with Crippen LogP contribution >= 0.6 is 23.5 Å². The van der Waals surface area contributed by atoms with Crippen molar-refractivity contribution in [2.75, 3.05) is 37.5 Å². The number of amides is 4. The van der Waals surface area contributed by atoms with Gasteiger partial charge in [-0.2, -0.15) is 0 Å². The highest BCUT2D eigenvalue weighted by Crippen LogP contribution is 2.47. The van der Waals surface area contributed by atoms with E-state index in [1.165, 1.54) is 26.0 Å². The molecule has 0 radical (unpaired) electrons. The summed E-state index contributed by atoms with van der Waals surface area (Å²) >= 11 is 3.14. The Morgan fingerprint density at radius 2 is 1.35 bits per heavy atom. The standard InChI is InChI=1S/C44H42N8O8S2/c1-57-43(55)50-38(26-9-5-3-6-10-26)41(53)47-24-61-18-17-37-45-21-30(48-37)28-13-15-33-35(19-28)59-34-16-14-29(20-36(34)60-33)31-22-46-40(49-31)32-23-62-25-52(32)42(54)39(51-44(56)58-2)27-11-7-4-8-12-27/h3-16,19-22,32,38-39H,17-18,23-25H2,1-2H3,(H,45,48)(H,46,49)(H,47,53)(H,50,55)(H,51,56)/t32-,38+,39+/m0/s1. The monoisotopic (exact) mass is 874 g/mol. The Kier molecular flexibility index (Phi) is 12.9. The number of aromatic amines is 2. The molecule has 2 aliphatic rings. The van der Waals surface area contributed by atoms with Crippen molar-refractivity contribution in [1.82, 2.24) is 40.8 Å². The third-order valence-electron chi connectivity index (χ3n) is 10.2. The lowest BCUT2D eigenvalue weighted by atomic mass is 10.1. The van der Waals surface area contributed by atoms with Gasteiger partial charge in [0.05, 0.1) is 55.8 Å². The molecule has 318 valence electrons. The number of fused-ring (bicyclic) bond motifs is 2. The van der Waals surface area contributed by atoms with Gasteiger partial charge in [0.2, 0.25) is 5.91 Å². The molecule has 4 aromatic carbocycles. The molecule has 2 aliphatic heterocycles. The van der Waals surface area contributed by atoms with E-state index in [-0.39, 0.29) is 17.9 Å². The molecule has 0 aliphatic carbocycles. The van der Waals surface area contributed by atoms with Crippen LogP contribution in [0, 0.1) is 0 Å². The highest BCUT2D eigenvalue weighted by Gasteiger charge is 2.37. The van der Waals surface area contributed by atoms with Crippen LogP contribution in [-0.2, 0) is 25.5 Å². The highest BCUT2D eigenvalue weighted by atomic mass is 32.2. The maximum absolute atomic E-state index is 13.9. The average Bonchev–Trinajstić information content (AvgIpc) is 4.11. The Morgan fingerprint density at radius 1 is 0.774 bits per heavy atom. The summed E-state index contributed by atoms with van der Waals surface area (Å²) in [4.78, 5) is 68.7. The number of hydrogen-bond donors (Lipinski definition) is 5. The summed E-state index contributed by atoms with van der Waals surface area (Å²) in [5.41, 5.74) is 4.55. The van der Waals surface area contributed by atoms with Gasteiger partial charge in [0.1, 0.15) is 23.7 Å². The molecule has 18 heteroatoms. The Morgan fingerprint density at radius 3 is 1.98 bits per heavy atom. The fourth-order valence-electron chi connectivity index (χ4n) is 6.96. The molecular formula is C44H42N8O8S2. The smallest absolute Gasteiger partial charge is 0.407 e. The first kappa shape index (κ1) is 41.8. The van der Waals surface area contributed by atoms with Gasteiger partial charge >= 0.3 is 12.2 Å². The predicted molar refractivity (Wildman–Crippen MR) is 234 cm³/mol. The number of aryl methyl sites for hydroxylation is 1. The number of thioether (sulfide) groups is 2. The van der Waals surface area contributed by atoms with Crippen molar-refractivity contribution in [2.24, 2.45) is 0 Å². The molecule has 16 nitrogen and oxygen atoms in total. The Bertz CT molecular complexity index is 2550. The molecule has 1 fully saturated rings. The quantitative estimate of drug-likeness (QED) is 0.0534. The zero-order valence-electron chi connectivity index (χ0n) is 33.6. The molecule has 0 saturated carbocycles. The van der Waals surface area contributed by atoms with Gasteiger partial charge < -0.3 is 49.8 Å². The maximum Gasteiger partial charge on any atom is 0.407 e. The van der Waals surface area contributed by atoms with E-state index < -0.39 is 24.3 Å².